The summed E-state index contributed by atoms with van der Waals surface area (Å²) in [5, 5.41) is 6.74. The highest BCUT2D eigenvalue weighted by molar-refractivity contribution is 6.28. The molecule has 0 amide bonds. The van der Waals surface area contributed by atoms with Crippen LogP contribution >= 0.6 is 0 Å². The molecule has 0 radical (unpaired) electrons. The van der Waals surface area contributed by atoms with Gasteiger partial charge < -0.3 is 13.6 Å². The van der Waals surface area contributed by atoms with Crippen molar-refractivity contribution in [3.05, 3.63) is 212 Å². The van der Waals surface area contributed by atoms with Crippen LogP contribution in [0.2, 0.25) is 0 Å². The topological polar surface area (TPSA) is 61.7 Å². The molecule has 0 saturated heterocycles. The molecule has 0 unspecified atom stereocenters. The van der Waals surface area contributed by atoms with Crippen molar-refractivity contribution in [1.82, 2.24) is 24.1 Å². The molecule has 63 heavy (non-hydrogen) atoms. The van der Waals surface area contributed by atoms with E-state index in [4.69, 9.17) is 19.4 Å². The van der Waals surface area contributed by atoms with Crippen molar-refractivity contribution in [1.29, 1.82) is 0 Å². The second-order valence-electron chi connectivity index (χ2n) is 16.0. The first kappa shape index (κ1) is 35.2. The van der Waals surface area contributed by atoms with E-state index >= 15 is 0 Å². The third-order valence-corrected chi connectivity index (χ3v) is 12.4. The van der Waals surface area contributed by atoms with Gasteiger partial charge in [0.05, 0.1) is 22.1 Å². The molecule has 0 atom stereocenters. The van der Waals surface area contributed by atoms with Crippen LogP contribution in [0.1, 0.15) is 0 Å². The van der Waals surface area contributed by atoms with Gasteiger partial charge in [-0.2, -0.15) is 0 Å². The molecule has 0 fully saturated rings. The molecular weight excluding hydrogens is 771 g/mol. The Morgan fingerprint density at radius 2 is 0.825 bits per heavy atom. The number of furan rings is 1. The molecule has 4 heterocycles. The van der Waals surface area contributed by atoms with Crippen molar-refractivity contribution in [2.24, 2.45) is 0 Å². The average molecular weight is 806 g/mol. The summed E-state index contributed by atoms with van der Waals surface area (Å²) >= 11 is 0. The van der Waals surface area contributed by atoms with Crippen LogP contribution in [-0.4, -0.2) is 24.1 Å². The molecule has 0 spiro atoms. The van der Waals surface area contributed by atoms with Crippen LogP contribution in [0.15, 0.2) is 217 Å². The molecule has 13 aromatic rings. The van der Waals surface area contributed by atoms with Gasteiger partial charge in [-0.25, -0.2) is 15.0 Å². The average Bonchev–Trinajstić information content (AvgIpc) is 4.01. The Bertz CT molecular complexity index is 3830. The van der Waals surface area contributed by atoms with Crippen molar-refractivity contribution in [2.75, 3.05) is 0 Å². The molecule has 294 valence electrons. The lowest BCUT2D eigenvalue weighted by atomic mass is 10.0. The van der Waals surface area contributed by atoms with Gasteiger partial charge in [-0.15, -0.1) is 0 Å². The number of hydrogen-bond acceptors (Lipinski definition) is 4. The summed E-state index contributed by atoms with van der Waals surface area (Å²) < 4.78 is 11.5. The number of rotatable bonds is 6. The summed E-state index contributed by atoms with van der Waals surface area (Å²) in [4.78, 5) is 15.2. The van der Waals surface area contributed by atoms with Gasteiger partial charge in [-0.3, -0.25) is 0 Å². The minimum atomic E-state index is 0.609. The van der Waals surface area contributed by atoms with E-state index in [1.807, 2.05) is 60.7 Å². The van der Waals surface area contributed by atoms with Crippen LogP contribution < -0.4 is 0 Å². The summed E-state index contributed by atoms with van der Waals surface area (Å²) in [6.07, 6.45) is 0. The van der Waals surface area contributed by atoms with Gasteiger partial charge in [0.25, 0.3) is 0 Å². The molecule has 0 aliphatic rings. The number of nitrogens with zero attached hydrogens (tertiary/aromatic N) is 5. The van der Waals surface area contributed by atoms with Crippen LogP contribution in [0.25, 0.3) is 122 Å². The van der Waals surface area contributed by atoms with Crippen LogP contribution in [0.3, 0.4) is 0 Å². The lowest BCUT2D eigenvalue weighted by molar-refractivity contribution is 0.669. The van der Waals surface area contributed by atoms with E-state index in [1.54, 1.807) is 0 Å². The summed E-state index contributed by atoms with van der Waals surface area (Å²) in [7, 11) is 0. The molecule has 0 aliphatic heterocycles. The quantitative estimate of drug-likeness (QED) is 0.168. The van der Waals surface area contributed by atoms with Crippen molar-refractivity contribution < 1.29 is 4.42 Å². The maximum absolute atomic E-state index is 6.74. The lowest BCUT2D eigenvalue weighted by Crippen LogP contribution is -2.00. The van der Waals surface area contributed by atoms with Crippen LogP contribution in [0, 0.1) is 0 Å². The van der Waals surface area contributed by atoms with E-state index in [2.05, 4.69) is 161 Å². The summed E-state index contributed by atoms with van der Waals surface area (Å²) in [5.41, 5.74) is 13.4. The predicted molar refractivity (Wildman–Crippen MR) is 258 cm³/mol. The van der Waals surface area contributed by atoms with E-state index in [0.29, 0.717) is 17.5 Å². The first-order valence-electron chi connectivity index (χ1n) is 21.2. The number of aromatic nitrogens is 5. The van der Waals surface area contributed by atoms with E-state index in [-0.39, 0.29) is 0 Å². The molecule has 6 heteroatoms. The number of hydrogen-bond donors (Lipinski definition) is 0. The zero-order valence-electron chi connectivity index (χ0n) is 33.9. The summed E-state index contributed by atoms with van der Waals surface area (Å²) in [5.74, 6) is 1.86. The predicted octanol–water partition coefficient (Wildman–Crippen LogP) is 14.6. The molecule has 0 aliphatic carbocycles. The number of fused-ring (bicyclic) bond motifs is 10. The number of para-hydroxylation sites is 2. The van der Waals surface area contributed by atoms with E-state index < -0.39 is 0 Å². The highest BCUT2D eigenvalue weighted by Crippen LogP contribution is 2.44. The van der Waals surface area contributed by atoms with Gasteiger partial charge in [0.15, 0.2) is 17.5 Å². The highest BCUT2D eigenvalue weighted by Gasteiger charge is 2.22. The molecule has 0 bridgehead atoms. The molecule has 0 saturated carbocycles. The Morgan fingerprint density at radius 1 is 0.286 bits per heavy atom. The molecule has 13 rings (SSSR count). The first-order chi connectivity index (χ1) is 31.2. The zero-order valence-corrected chi connectivity index (χ0v) is 33.9. The fourth-order valence-corrected chi connectivity index (χ4v) is 9.50. The fourth-order valence-electron chi connectivity index (χ4n) is 9.50. The van der Waals surface area contributed by atoms with Crippen molar-refractivity contribution in [3.63, 3.8) is 0 Å². The second kappa shape index (κ2) is 14.0. The van der Waals surface area contributed by atoms with E-state index in [0.717, 1.165) is 82.8 Å². The first-order valence-corrected chi connectivity index (χ1v) is 21.2. The molecular formula is C57H35N5O. The fraction of sp³-hybridized carbons (Fsp3) is 0. The monoisotopic (exact) mass is 805 g/mol. The maximum atomic E-state index is 6.74. The normalized spacial score (nSPS) is 11.8. The van der Waals surface area contributed by atoms with Gasteiger partial charge in [-0.05, 0) is 83.9 Å². The lowest BCUT2D eigenvalue weighted by Gasteiger charge is -2.09. The summed E-state index contributed by atoms with van der Waals surface area (Å²) in [6.45, 7) is 0. The van der Waals surface area contributed by atoms with Gasteiger partial charge in [0.2, 0.25) is 0 Å². The van der Waals surface area contributed by atoms with E-state index in [9.17, 15) is 0 Å². The third kappa shape index (κ3) is 5.62. The smallest absolute Gasteiger partial charge is 0.164 e. The summed E-state index contributed by atoms with van der Waals surface area (Å²) in [6, 6.07) is 74.4. The van der Waals surface area contributed by atoms with Crippen molar-refractivity contribution in [3.8, 4) is 56.7 Å². The van der Waals surface area contributed by atoms with Crippen molar-refractivity contribution >= 4 is 65.6 Å². The minimum Gasteiger partial charge on any atom is -0.456 e. The largest absolute Gasteiger partial charge is 0.456 e. The number of benzene rings is 9. The molecule has 9 aromatic carbocycles. The van der Waals surface area contributed by atoms with Gasteiger partial charge in [0, 0.05) is 60.4 Å². The molecule has 4 aromatic heterocycles. The Kier molecular flexibility index (Phi) is 7.80. The Labute approximate surface area is 361 Å². The van der Waals surface area contributed by atoms with E-state index in [1.165, 1.54) is 21.9 Å². The minimum absolute atomic E-state index is 0.609. The zero-order chi connectivity index (χ0) is 41.4. The third-order valence-electron chi connectivity index (χ3n) is 12.4. The Hall–Kier alpha value is -8.61. The molecule has 6 nitrogen and oxygen atoms in total. The van der Waals surface area contributed by atoms with Crippen LogP contribution in [0.4, 0.5) is 0 Å². The Morgan fingerprint density at radius 3 is 1.54 bits per heavy atom. The van der Waals surface area contributed by atoms with Crippen LogP contribution in [0.5, 0.6) is 0 Å². The Balaban J connectivity index is 1.08. The van der Waals surface area contributed by atoms with Crippen molar-refractivity contribution in [2.45, 2.75) is 0 Å². The van der Waals surface area contributed by atoms with Crippen LogP contribution in [-0.2, 0) is 0 Å². The standard InChI is InChI=1S/C57H35N5O/c1-5-15-36(16-6-1)39-25-28-44-43-23-13-14-24-47(43)62(50(44)34-39)42-27-31-51-46(35-42)54-52(63-51)32-30-49-53(54)45-33-40(26-29-48(45)61(49)41-21-11-4-12-22-41)57-59-55(37-17-7-2-8-18-37)58-56(60-57)38-19-9-3-10-20-38/h1-35H. The van der Waals surface area contributed by atoms with Gasteiger partial charge in [-0.1, -0.05) is 140 Å². The maximum Gasteiger partial charge on any atom is 0.164 e. The van der Waals surface area contributed by atoms with Gasteiger partial charge in [0.1, 0.15) is 11.2 Å². The highest BCUT2D eigenvalue weighted by atomic mass is 16.3. The molecule has 0 N–H and O–H groups in total. The second-order valence-corrected chi connectivity index (χ2v) is 16.0. The van der Waals surface area contributed by atoms with Gasteiger partial charge >= 0.3 is 0 Å². The SMILES string of the molecule is c1ccc(-c2ccc3c4ccccc4n(-c4ccc5oc6ccc7c(c8cc(-c9nc(-c%10ccccc%10)nc(-c%10ccccc%10)n9)ccc8n7-c7ccccc7)c6c5c4)c3c2)cc1.